The largest absolute Gasteiger partial charge is 0.394 e. The van der Waals surface area contributed by atoms with Crippen LogP contribution >= 0.6 is 0 Å². The molecule has 0 amide bonds. The van der Waals surface area contributed by atoms with Crippen LogP contribution in [0.4, 0.5) is 0 Å². The highest BCUT2D eigenvalue weighted by Gasteiger charge is 2.63. The zero-order valence-corrected chi connectivity index (χ0v) is 11.5. The summed E-state index contributed by atoms with van der Waals surface area (Å²) in [5.74, 6) is 0. The third-order valence-electron chi connectivity index (χ3n) is 5.61. The summed E-state index contributed by atoms with van der Waals surface area (Å²) < 4.78 is 0. The zero-order chi connectivity index (χ0) is 12.2. The molecule has 2 bridgehead atoms. The van der Waals surface area contributed by atoms with Crippen molar-refractivity contribution in [2.24, 2.45) is 16.2 Å². The van der Waals surface area contributed by atoms with Crippen LogP contribution in [0.5, 0.6) is 0 Å². The van der Waals surface area contributed by atoms with Crippen molar-refractivity contribution in [2.45, 2.75) is 59.4 Å². The highest BCUT2D eigenvalue weighted by molar-refractivity contribution is 5.16. The monoisotopic (exact) mass is 225 g/mol. The summed E-state index contributed by atoms with van der Waals surface area (Å²) in [4.78, 5) is 0. The molecule has 2 aliphatic rings. The molecule has 2 rings (SSSR count). The second-order valence-corrected chi connectivity index (χ2v) is 7.68. The first kappa shape index (κ1) is 12.4. The Hall–Kier alpha value is -0.0800. The molecule has 2 atom stereocenters. The van der Waals surface area contributed by atoms with Crippen LogP contribution in [0.2, 0.25) is 0 Å². The Bertz CT molecular complexity index is 292. The zero-order valence-electron chi connectivity index (χ0n) is 11.5. The van der Waals surface area contributed by atoms with Gasteiger partial charge in [-0.15, -0.1) is 0 Å². The van der Waals surface area contributed by atoms with Crippen LogP contribution in [-0.2, 0) is 0 Å². The molecule has 16 heavy (non-hydrogen) atoms. The number of hydrogen-bond acceptors (Lipinski definition) is 2. The standard InChI is InChI=1S/C14H27NO/c1-11(2,3)14-7-6-13(8-14,10-16)15-9-12(14,4)5/h15-16H,6-10H2,1-5H3/t13?,14-/m1/s1. The van der Waals surface area contributed by atoms with Crippen molar-refractivity contribution in [3.63, 3.8) is 0 Å². The van der Waals surface area contributed by atoms with Crippen molar-refractivity contribution in [3.8, 4) is 0 Å². The third-order valence-corrected chi connectivity index (χ3v) is 5.61. The minimum absolute atomic E-state index is 0.0167. The molecule has 0 aromatic heterocycles. The van der Waals surface area contributed by atoms with E-state index in [-0.39, 0.29) is 5.54 Å². The molecule has 94 valence electrons. The Balaban J connectivity index is 2.42. The summed E-state index contributed by atoms with van der Waals surface area (Å²) in [6, 6.07) is 0. The molecule has 0 aromatic rings. The van der Waals surface area contributed by atoms with Crippen LogP contribution in [0.25, 0.3) is 0 Å². The Labute approximate surface area is 99.8 Å². The van der Waals surface area contributed by atoms with Gasteiger partial charge in [0, 0.05) is 12.1 Å². The van der Waals surface area contributed by atoms with Gasteiger partial charge in [-0.05, 0) is 35.5 Å². The lowest BCUT2D eigenvalue weighted by Crippen LogP contribution is -2.61. The molecule has 2 N–H and O–H groups in total. The van der Waals surface area contributed by atoms with Crippen LogP contribution in [0, 0.1) is 16.2 Å². The summed E-state index contributed by atoms with van der Waals surface area (Å²) in [6.45, 7) is 13.2. The third kappa shape index (κ3) is 1.39. The fourth-order valence-electron chi connectivity index (χ4n) is 4.36. The molecule has 1 aliphatic carbocycles. The van der Waals surface area contributed by atoms with Crippen molar-refractivity contribution in [2.75, 3.05) is 13.2 Å². The summed E-state index contributed by atoms with van der Waals surface area (Å²) in [5.41, 5.74) is 1.02. The van der Waals surface area contributed by atoms with Crippen molar-refractivity contribution >= 4 is 0 Å². The number of aliphatic hydroxyl groups is 1. The Morgan fingerprint density at radius 2 is 1.81 bits per heavy atom. The Morgan fingerprint density at radius 3 is 2.31 bits per heavy atom. The molecule has 0 radical (unpaired) electrons. The van der Waals surface area contributed by atoms with Gasteiger partial charge in [0.15, 0.2) is 0 Å². The molecular weight excluding hydrogens is 198 g/mol. The maximum atomic E-state index is 9.66. The van der Waals surface area contributed by atoms with Crippen LogP contribution in [0.1, 0.15) is 53.9 Å². The lowest BCUT2D eigenvalue weighted by Gasteiger charge is -2.57. The number of aliphatic hydroxyl groups excluding tert-OH is 1. The normalized spacial score (nSPS) is 42.4. The van der Waals surface area contributed by atoms with E-state index in [1.165, 1.54) is 6.42 Å². The van der Waals surface area contributed by atoms with E-state index in [4.69, 9.17) is 0 Å². The lowest BCUT2D eigenvalue weighted by atomic mass is 9.51. The van der Waals surface area contributed by atoms with Crippen LogP contribution < -0.4 is 5.32 Å². The molecule has 1 aliphatic heterocycles. The first-order valence-corrected chi connectivity index (χ1v) is 6.54. The van der Waals surface area contributed by atoms with Crippen LogP contribution in [0.3, 0.4) is 0 Å². The van der Waals surface area contributed by atoms with Crippen molar-refractivity contribution in [1.82, 2.24) is 5.32 Å². The van der Waals surface area contributed by atoms with Crippen molar-refractivity contribution in [3.05, 3.63) is 0 Å². The SMILES string of the molecule is CC(C)(C)[C@@]12CCC(CO)(C1)NCC2(C)C. The van der Waals surface area contributed by atoms with E-state index in [1.807, 2.05) is 0 Å². The quantitative estimate of drug-likeness (QED) is 0.719. The average Bonchev–Trinajstić information content (AvgIpc) is 2.52. The number of nitrogens with one attached hydrogen (secondary N) is 1. The van der Waals surface area contributed by atoms with Gasteiger partial charge < -0.3 is 10.4 Å². The molecule has 0 aromatic carbocycles. The first-order chi connectivity index (χ1) is 7.18. The maximum Gasteiger partial charge on any atom is 0.0613 e. The van der Waals surface area contributed by atoms with Gasteiger partial charge in [-0.3, -0.25) is 0 Å². The predicted octanol–water partition coefficient (Wildman–Crippen LogP) is 2.56. The molecule has 0 spiro atoms. The second kappa shape index (κ2) is 3.23. The summed E-state index contributed by atoms with van der Waals surface area (Å²) in [7, 11) is 0. The van der Waals surface area contributed by atoms with Gasteiger partial charge >= 0.3 is 0 Å². The Morgan fingerprint density at radius 1 is 1.19 bits per heavy atom. The van der Waals surface area contributed by atoms with E-state index in [2.05, 4.69) is 39.9 Å². The number of rotatable bonds is 1. The first-order valence-electron chi connectivity index (χ1n) is 6.54. The van der Waals surface area contributed by atoms with Gasteiger partial charge in [0.05, 0.1) is 6.61 Å². The molecule has 2 nitrogen and oxygen atoms in total. The van der Waals surface area contributed by atoms with E-state index >= 15 is 0 Å². The molecule has 1 saturated carbocycles. The molecular formula is C14H27NO. The Kier molecular flexibility index (Phi) is 2.50. The summed E-state index contributed by atoms with van der Waals surface area (Å²) in [5, 5.41) is 13.3. The highest BCUT2D eigenvalue weighted by atomic mass is 16.3. The lowest BCUT2D eigenvalue weighted by molar-refractivity contribution is -0.0717. The molecule has 2 fully saturated rings. The van der Waals surface area contributed by atoms with Crippen molar-refractivity contribution in [1.29, 1.82) is 0 Å². The molecule has 1 saturated heterocycles. The fourth-order valence-corrected chi connectivity index (χ4v) is 4.36. The van der Waals surface area contributed by atoms with E-state index in [0.29, 0.717) is 22.9 Å². The molecule has 1 unspecified atom stereocenters. The number of hydrogen-bond donors (Lipinski definition) is 2. The smallest absolute Gasteiger partial charge is 0.0613 e. The van der Waals surface area contributed by atoms with Crippen LogP contribution in [0.15, 0.2) is 0 Å². The fraction of sp³-hybridized carbons (Fsp3) is 1.00. The summed E-state index contributed by atoms with van der Waals surface area (Å²) >= 11 is 0. The predicted molar refractivity (Wildman–Crippen MR) is 67.3 cm³/mol. The molecule has 2 heteroatoms. The second-order valence-electron chi connectivity index (χ2n) is 7.68. The van der Waals surface area contributed by atoms with Gasteiger partial charge in [-0.1, -0.05) is 34.6 Å². The van der Waals surface area contributed by atoms with Gasteiger partial charge in [-0.2, -0.15) is 0 Å². The van der Waals surface area contributed by atoms with Gasteiger partial charge in [-0.25, -0.2) is 0 Å². The molecule has 1 heterocycles. The van der Waals surface area contributed by atoms with Crippen molar-refractivity contribution < 1.29 is 5.11 Å². The minimum Gasteiger partial charge on any atom is -0.394 e. The van der Waals surface area contributed by atoms with E-state index in [1.54, 1.807) is 0 Å². The summed E-state index contributed by atoms with van der Waals surface area (Å²) in [6.07, 6.45) is 3.51. The van der Waals surface area contributed by atoms with Gasteiger partial charge in [0.25, 0.3) is 0 Å². The van der Waals surface area contributed by atoms with Gasteiger partial charge in [0.2, 0.25) is 0 Å². The van der Waals surface area contributed by atoms with E-state index < -0.39 is 0 Å². The number of piperidine rings is 1. The van der Waals surface area contributed by atoms with E-state index in [0.717, 1.165) is 19.4 Å². The van der Waals surface area contributed by atoms with E-state index in [9.17, 15) is 5.11 Å². The maximum absolute atomic E-state index is 9.66. The minimum atomic E-state index is 0.0167. The van der Waals surface area contributed by atoms with Crippen LogP contribution in [-0.4, -0.2) is 23.8 Å². The number of fused-ring (bicyclic) bond motifs is 2. The topological polar surface area (TPSA) is 32.3 Å². The highest BCUT2D eigenvalue weighted by Crippen LogP contribution is 2.65. The van der Waals surface area contributed by atoms with Gasteiger partial charge in [0.1, 0.15) is 0 Å². The average molecular weight is 225 g/mol.